The van der Waals surface area contributed by atoms with Crippen LogP contribution in [0.5, 0.6) is 0 Å². The highest BCUT2D eigenvalue weighted by molar-refractivity contribution is 7.87. The maximum Gasteiger partial charge on any atom is 0.324 e. The Kier molecular flexibility index (Phi) is 6.87. The van der Waals surface area contributed by atoms with Crippen LogP contribution in [0.15, 0.2) is 0 Å². The Labute approximate surface area is 120 Å². The molecular weight excluding hydrogens is 284 g/mol. The van der Waals surface area contributed by atoms with Crippen LogP contribution in [0.25, 0.3) is 0 Å². The fourth-order valence-corrected chi connectivity index (χ4v) is 3.71. The monoisotopic (exact) mass is 308 g/mol. The Morgan fingerprint density at radius 2 is 2.25 bits per heavy atom. The van der Waals surface area contributed by atoms with Gasteiger partial charge < -0.3 is 9.84 Å². The largest absolute Gasteiger partial charge is 0.465 e. The van der Waals surface area contributed by atoms with Crippen molar-refractivity contribution in [2.24, 2.45) is 5.92 Å². The Morgan fingerprint density at radius 1 is 1.55 bits per heavy atom. The van der Waals surface area contributed by atoms with Crippen LogP contribution in [0.2, 0.25) is 0 Å². The van der Waals surface area contributed by atoms with Gasteiger partial charge >= 0.3 is 5.97 Å². The molecule has 0 aromatic heterocycles. The summed E-state index contributed by atoms with van der Waals surface area (Å²) in [5.41, 5.74) is 0. The van der Waals surface area contributed by atoms with E-state index in [0.717, 1.165) is 0 Å². The molecule has 118 valence electrons. The lowest BCUT2D eigenvalue weighted by atomic mass is 10.1. The number of nitrogens with zero attached hydrogens (tertiary/aromatic N) is 1. The zero-order valence-corrected chi connectivity index (χ0v) is 12.9. The van der Waals surface area contributed by atoms with Gasteiger partial charge in [-0.15, -0.1) is 0 Å². The summed E-state index contributed by atoms with van der Waals surface area (Å²) in [6.45, 7) is 4.39. The van der Waals surface area contributed by atoms with Gasteiger partial charge in [0, 0.05) is 19.7 Å². The molecule has 0 aromatic carbocycles. The first-order valence-electron chi connectivity index (χ1n) is 6.96. The fraction of sp³-hybridized carbons (Fsp3) is 0.917. The van der Waals surface area contributed by atoms with Crippen LogP contribution in [0.3, 0.4) is 0 Å². The average molecular weight is 308 g/mol. The van der Waals surface area contributed by atoms with Gasteiger partial charge in [-0.2, -0.15) is 12.7 Å². The predicted molar refractivity (Wildman–Crippen MR) is 74.2 cm³/mol. The standard InChI is InChI=1S/C12H24N2O5S/c1-3-19-12(16)11-5-4-7-14(11)20(17,18)13-9-10(2)6-8-15/h10-11,13,15H,3-9H2,1-2H3. The Balaban J connectivity index is 2.63. The summed E-state index contributed by atoms with van der Waals surface area (Å²) in [6.07, 6.45) is 1.67. The number of nitrogens with one attached hydrogen (secondary N) is 1. The number of hydrogen-bond donors (Lipinski definition) is 2. The maximum atomic E-state index is 12.2. The van der Waals surface area contributed by atoms with E-state index in [1.54, 1.807) is 6.92 Å². The zero-order valence-electron chi connectivity index (χ0n) is 12.0. The zero-order chi connectivity index (χ0) is 15.2. The van der Waals surface area contributed by atoms with Crippen molar-refractivity contribution >= 4 is 16.2 Å². The van der Waals surface area contributed by atoms with Crippen LogP contribution in [-0.2, 0) is 19.7 Å². The summed E-state index contributed by atoms with van der Waals surface area (Å²) >= 11 is 0. The second-order valence-electron chi connectivity index (χ2n) is 4.99. The van der Waals surface area contributed by atoms with E-state index >= 15 is 0 Å². The molecule has 0 radical (unpaired) electrons. The summed E-state index contributed by atoms with van der Waals surface area (Å²) in [7, 11) is -3.69. The maximum absolute atomic E-state index is 12.2. The molecule has 0 amide bonds. The van der Waals surface area contributed by atoms with Gasteiger partial charge in [-0.3, -0.25) is 4.79 Å². The molecule has 1 rings (SSSR count). The summed E-state index contributed by atoms with van der Waals surface area (Å²) in [5.74, 6) is -0.447. The SMILES string of the molecule is CCOC(=O)C1CCCN1S(=O)(=O)NCC(C)CCO. The molecule has 0 spiro atoms. The number of carbonyl (C=O) groups excluding carboxylic acids is 1. The lowest BCUT2D eigenvalue weighted by molar-refractivity contribution is -0.146. The Bertz CT molecular complexity index is 412. The molecule has 0 bridgehead atoms. The number of aliphatic hydroxyl groups is 1. The Morgan fingerprint density at radius 3 is 2.85 bits per heavy atom. The highest BCUT2D eigenvalue weighted by atomic mass is 32.2. The van der Waals surface area contributed by atoms with Crippen molar-refractivity contribution in [3.05, 3.63) is 0 Å². The van der Waals surface area contributed by atoms with Gasteiger partial charge in [0.05, 0.1) is 6.61 Å². The topological polar surface area (TPSA) is 95.9 Å². The summed E-state index contributed by atoms with van der Waals surface area (Å²) in [4.78, 5) is 11.8. The van der Waals surface area contributed by atoms with Gasteiger partial charge in [-0.25, -0.2) is 4.72 Å². The van der Waals surface area contributed by atoms with E-state index in [4.69, 9.17) is 9.84 Å². The lowest BCUT2D eigenvalue weighted by Gasteiger charge is -2.23. The van der Waals surface area contributed by atoms with E-state index < -0.39 is 22.2 Å². The third-order valence-electron chi connectivity index (χ3n) is 3.31. The predicted octanol–water partition coefficient (Wildman–Crippen LogP) is -0.133. The van der Waals surface area contributed by atoms with Crippen molar-refractivity contribution in [1.29, 1.82) is 0 Å². The summed E-state index contributed by atoms with van der Waals surface area (Å²) < 4.78 is 33.0. The molecular formula is C12H24N2O5S. The third kappa shape index (κ3) is 4.69. The van der Waals surface area contributed by atoms with Crippen molar-refractivity contribution in [2.45, 2.75) is 39.2 Å². The van der Waals surface area contributed by atoms with Crippen molar-refractivity contribution in [2.75, 3.05) is 26.3 Å². The van der Waals surface area contributed by atoms with Crippen LogP contribution < -0.4 is 4.72 Å². The van der Waals surface area contributed by atoms with E-state index in [2.05, 4.69) is 4.72 Å². The van der Waals surface area contributed by atoms with E-state index in [9.17, 15) is 13.2 Å². The van der Waals surface area contributed by atoms with Crippen LogP contribution in [0.1, 0.15) is 33.1 Å². The molecule has 1 saturated heterocycles. The first-order valence-corrected chi connectivity index (χ1v) is 8.40. The molecule has 7 nitrogen and oxygen atoms in total. The number of ether oxygens (including phenoxy) is 1. The van der Waals surface area contributed by atoms with Crippen molar-refractivity contribution < 1.29 is 23.1 Å². The van der Waals surface area contributed by atoms with Crippen LogP contribution in [0.4, 0.5) is 0 Å². The molecule has 1 aliphatic heterocycles. The quantitative estimate of drug-likeness (QED) is 0.609. The molecule has 0 aromatic rings. The van der Waals surface area contributed by atoms with Crippen LogP contribution in [0, 0.1) is 5.92 Å². The molecule has 1 heterocycles. The second kappa shape index (κ2) is 7.92. The highest BCUT2D eigenvalue weighted by Crippen LogP contribution is 2.21. The van der Waals surface area contributed by atoms with Gasteiger partial charge in [0.25, 0.3) is 10.2 Å². The number of carbonyl (C=O) groups is 1. The van der Waals surface area contributed by atoms with E-state index in [0.29, 0.717) is 25.8 Å². The van der Waals surface area contributed by atoms with Gasteiger partial charge in [0.2, 0.25) is 0 Å². The number of hydrogen-bond acceptors (Lipinski definition) is 5. The number of esters is 1. The molecule has 2 atom stereocenters. The minimum Gasteiger partial charge on any atom is -0.465 e. The fourth-order valence-electron chi connectivity index (χ4n) is 2.15. The second-order valence-corrected chi connectivity index (χ2v) is 6.70. The molecule has 1 fully saturated rings. The van der Waals surface area contributed by atoms with Crippen molar-refractivity contribution in [3.8, 4) is 0 Å². The molecule has 1 aliphatic rings. The molecule has 0 aliphatic carbocycles. The van der Waals surface area contributed by atoms with E-state index in [1.165, 1.54) is 4.31 Å². The summed E-state index contributed by atoms with van der Waals surface area (Å²) in [5, 5.41) is 8.80. The molecule has 2 N–H and O–H groups in total. The van der Waals surface area contributed by atoms with E-state index in [-0.39, 0.29) is 25.7 Å². The van der Waals surface area contributed by atoms with Gasteiger partial charge in [0.15, 0.2) is 0 Å². The molecule has 20 heavy (non-hydrogen) atoms. The molecule has 2 unspecified atom stereocenters. The van der Waals surface area contributed by atoms with Crippen LogP contribution in [-0.4, -0.2) is 56.1 Å². The average Bonchev–Trinajstić information content (AvgIpc) is 2.87. The minimum absolute atomic E-state index is 0.0259. The number of aliphatic hydroxyl groups excluding tert-OH is 1. The van der Waals surface area contributed by atoms with E-state index in [1.807, 2.05) is 6.92 Å². The Hall–Kier alpha value is -0.700. The lowest BCUT2D eigenvalue weighted by Crippen LogP contribution is -2.47. The van der Waals surface area contributed by atoms with Gasteiger partial charge in [-0.05, 0) is 32.1 Å². The minimum atomic E-state index is -3.69. The first-order chi connectivity index (χ1) is 9.42. The van der Waals surface area contributed by atoms with Gasteiger partial charge in [-0.1, -0.05) is 6.92 Å². The normalized spacial score (nSPS) is 21.9. The first kappa shape index (κ1) is 17.4. The molecule has 0 saturated carbocycles. The third-order valence-corrected chi connectivity index (χ3v) is 4.89. The molecule has 8 heteroatoms. The smallest absolute Gasteiger partial charge is 0.324 e. The highest BCUT2D eigenvalue weighted by Gasteiger charge is 2.39. The van der Waals surface area contributed by atoms with Crippen molar-refractivity contribution in [3.63, 3.8) is 0 Å². The number of rotatable bonds is 8. The van der Waals surface area contributed by atoms with Crippen LogP contribution >= 0.6 is 0 Å². The van der Waals surface area contributed by atoms with Gasteiger partial charge in [0.1, 0.15) is 6.04 Å². The van der Waals surface area contributed by atoms with Crippen molar-refractivity contribution in [1.82, 2.24) is 9.03 Å². The summed E-state index contributed by atoms with van der Waals surface area (Å²) in [6, 6.07) is -0.722.